The second kappa shape index (κ2) is 6.42. The fraction of sp³-hybridized carbons (Fsp3) is 0.714. The highest BCUT2D eigenvalue weighted by molar-refractivity contribution is 6.20. The number of aromatic nitrogens is 2. The van der Waals surface area contributed by atoms with Gasteiger partial charge in [0.25, 0.3) is 5.91 Å². The molecule has 1 aromatic heterocycles. The second-order valence-electron chi connectivity index (χ2n) is 5.26. The van der Waals surface area contributed by atoms with Gasteiger partial charge in [-0.15, -0.1) is 11.6 Å². The van der Waals surface area contributed by atoms with Crippen LogP contribution < -0.4 is 5.32 Å². The lowest BCUT2D eigenvalue weighted by Gasteiger charge is -2.27. The van der Waals surface area contributed by atoms with E-state index in [1.165, 1.54) is 12.8 Å². The van der Waals surface area contributed by atoms with Crippen LogP contribution in [0.5, 0.6) is 0 Å². The van der Waals surface area contributed by atoms with E-state index in [1.54, 1.807) is 4.68 Å². The SMILES string of the molecule is CCn1nc(C)cc1C(=O)NCC1CCCCC1Cl. The third-order valence-electron chi connectivity index (χ3n) is 3.78. The second-order valence-corrected chi connectivity index (χ2v) is 5.82. The molecule has 1 N–H and O–H groups in total. The number of carbonyl (C=O) groups is 1. The van der Waals surface area contributed by atoms with Crippen LogP contribution in [0.15, 0.2) is 6.07 Å². The van der Waals surface area contributed by atoms with Gasteiger partial charge in [0.15, 0.2) is 0 Å². The number of carbonyl (C=O) groups excluding carboxylic acids is 1. The molecule has 4 nitrogen and oxygen atoms in total. The van der Waals surface area contributed by atoms with Crippen molar-refractivity contribution in [1.29, 1.82) is 0 Å². The van der Waals surface area contributed by atoms with Crippen LogP contribution in [0.3, 0.4) is 0 Å². The van der Waals surface area contributed by atoms with Gasteiger partial charge in [-0.3, -0.25) is 9.48 Å². The highest BCUT2D eigenvalue weighted by Gasteiger charge is 2.24. The Kier molecular flexibility index (Phi) is 4.86. The molecule has 0 radical (unpaired) electrons. The first kappa shape index (κ1) is 14.4. The van der Waals surface area contributed by atoms with Crippen molar-refractivity contribution >= 4 is 17.5 Å². The standard InChI is InChI=1S/C14H22ClN3O/c1-3-18-13(8-10(2)17-18)14(19)16-9-11-6-4-5-7-12(11)15/h8,11-12H,3-7,9H2,1-2H3,(H,16,19). The Hall–Kier alpha value is -1.03. The summed E-state index contributed by atoms with van der Waals surface area (Å²) < 4.78 is 1.74. The zero-order chi connectivity index (χ0) is 13.8. The zero-order valence-electron chi connectivity index (χ0n) is 11.7. The van der Waals surface area contributed by atoms with E-state index < -0.39 is 0 Å². The number of aryl methyl sites for hydroxylation is 2. The molecule has 1 aliphatic carbocycles. The average Bonchev–Trinajstić information content (AvgIpc) is 2.79. The van der Waals surface area contributed by atoms with Gasteiger partial charge in [-0.05, 0) is 38.7 Å². The molecule has 1 heterocycles. The van der Waals surface area contributed by atoms with Crippen molar-refractivity contribution in [2.45, 2.75) is 51.5 Å². The third-order valence-corrected chi connectivity index (χ3v) is 4.35. The molecule has 1 amide bonds. The molecular formula is C14H22ClN3O. The predicted octanol–water partition coefficient (Wildman–Crippen LogP) is 2.74. The minimum absolute atomic E-state index is 0.0445. The molecule has 5 heteroatoms. The normalized spacial score (nSPS) is 23.3. The van der Waals surface area contributed by atoms with Crippen molar-refractivity contribution in [3.63, 3.8) is 0 Å². The number of rotatable bonds is 4. The van der Waals surface area contributed by atoms with Crippen LogP contribution in [-0.4, -0.2) is 27.6 Å². The predicted molar refractivity (Wildman–Crippen MR) is 76.6 cm³/mol. The summed E-state index contributed by atoms with van der Waals surface area (Å²) in [6.45, 7) is 5.26. The number of nitrogens with one attached hydrogen (secondary N) is 1. The molecule has 0 saturated heterocycles. The number of alkyl halides is 1. The molecule has 19 heavy (non-hydrogen) atoms. The molecule has 1 aromatic rings. The maximum Gasteiger partial charge on any atom is 0.269 e. The zero-order valence-corrected chi connectivity index (χ0v) is 12.4. The lowest BCUT2D eigenvalue weighted by atomic mass is 9.89. The summed E-state index contributed by atoms with van der Waals surface area (Å²) in [5.41, 5.74) is 1.52. The van der Waals surface area contributed by atoms with E-state index >= 15 is 0 Å². The van der Waals surface area contributed by atoms with Crippen LogP contribution >= 0.6 is 11.6 Å². The molecule has 2 rings (SSSR count). The van der Waals surface area contributed by atoms with Gasteiger partial charge < -0.3 is 5.32 Å². The summed E-state index contributed by atoms with van der Waals surface area (Å²) in [5, 5.41) is 7.49. The van der Waals surface area contributed by atoms with E-state index in [0.29, 0.717) is 24.7 Å². The van der Waals surface area contributed by atoms with Crippen molar-refractivity contribution in [2.75, 3.05) is 6.54 Å². The average molecular weight is 284 g/mol. The van der Waals surface area contributed by atoms with Crippen LogP contribution in [0, 0.1) is 12.8 Å². The van der Waals surface area contributed by atoms with Gasteiger partial charge in [0.05, 0.1) is 5.69 Å². The van der Waals surface area contributed by atoms with E-state index in [0.717, 1.165) is 18.5 Å². The molecule has 2 unspecified atom stereocenters. The number of nitrogens with zero attached hydrogens (tertiary/aromatic N) is 2. The van der Waals surface area contributed by atoms with E-state index in [1.807, 2.05) is 19.9 Å². The fourth-order valence-electron chi connectivity index (χ4n) is 2.68. The van der Waals surface area contributed by atoms with Gasteiger partial charge in [0.1, 0.15) is 5.69 Å². The molecule has 1 saturated carbocycles. The Bertz CT molecular complexity index is 444. The summed E-state index contributed by atoms with van der Waals surface area (Å²) >= 11 is 6.31. The largest absolute Gasteiger partial charge is 0.350 e. The highest BCUT2D eigenvalue weighted by atomic mass is 35.5. The Morgan fingerprint density at radius 1 is 1.53 bits per heavy atom. The molecule has 2 atom stereocenters. The Balaban J connectivity index is 1.93. The number of amides is 1. The van der Waals surface area contributed by atoms with Crippen LogP contribution in [-0.2, 0) is 6.54 Å². The molecule has 0 aliphatic heterocycles. The number of hydrogen-bond acceptors (Lipinski definition) is 2. The van der Waals surface area contributed by atoms with Crippen molar-refractivity contribution in [3.05, 3.63) is 17.5 Å². The van der Waals surface area contributed by atoms with Crippen molar-refractivity contribution in [3.8, 4) is 0 Å². The monoisotopic (exact) mass is 283 g/mol. The quantitative estimate of drug-likeness (QED) is 0.864. The third kappa shape index (κ3) is 3.50. The summed E-state index contributed by atoms with van der Waals surface area (Å²) in [7, 11) is 0. The molecule has 0 bridgehead atoms. The summed E-state index contributed by atoms with van der Waals surface area (Å²) in [6.07, 6.45) is 4.60. The summed E-state index contributed by atoms with van der Waals surface area (Å²) in [6, 6.07) is 1.83. The fourth-order valence-corrected chi connectivity index (χ4v) is 3.05. The Labute approximate surface area is 119 Å². The molecule has 0 spiro atoms. The van der Waals surface area contributed by atoms with Crippen LogP contribution in [0.25, 0.3) is 0 Å². The topological polar surface area (TPSA) is 46.9 Å². The molecule has 1 fully saturated rings. The Morgan fingerprint density at radius 3 is 2.95 bits per heavy atom. The van der Waals surface area contributed by atoms with Crippen molar-refractivity contribution in [2.24, 2.45) is 5.92 Å². The molecule has 0 aromatic carbocycles. The highest BCUT2D eigenvalue weighted by Crippen LogP contribution is 2.28. The van der Waals surface area contributed by atoms with E-state index in [4.69, 9.17) is 11.6 Å². The molecular weight excluding hydrogens is 262 g/mol. The maximum absolute atomic E-state index is 12.2. The first-order valence-corrected chi connectivity index (χ1v) is 7.52. The first-order valence-electron chi connectivity index (χ1n) is 7.08. The Morgan fingerprint density at radius 2 is 2.26 bits per heavy atom. The van der Waals surface area contributed by atoms with Gasteiger partial charge in [0.2, 0.25) is 0 Å². The van der Waals surface area contributed by atoms with Crippen LogP contribution in [0.4, 0.5) is 0 Å². The van der Waals surface area contributed by atoms with E-state index in [2.05, 4.69) is 10.4 Å². The van der Waals surface area contributed by atoms with Gasteiger partial charge in [-0.25, -0.2) is 0 Å². The number of halogens is 1. The van der Waals surface area contributed by atoms with Gasteiger partial charge in [0, 0.05) is 18.5 Å². The van der Waals surface area contributed by atoms with Crippen LogP contribution in [0.2, 0.25) is 0 Å². The van der Waals surface area contributed by atoms with Crippen LogP contribution in [0.1, 0.15) is 48.8 Å². The smallest absolute Gasteiger partial charge is 0.269 e. The van der Waals surface area contributed by atoms with Gasteiger partial charge in [-0.1, -0.05) is 12.8 Å². The summed E-state index contributed by atoms with van der Waals surface area (Å²) in [5.74, 6) is 0.357. The minimum Gasteiger partial charge on any atom is -0.350 e. The lowest BCUT2D eigenvalue weighted by molar-refractivity contribution is 0.0933. The van der Waals surface area contributed by atoms with Gasteiger partial charge >= 0.3 is 0 Å². The maximum atomic E-state index is 12.2. The molecule has 106 valence electrons. The van der Waals surface area contributed by atoms with Crippen molar-refractivity contribution in [1.82, 2.24) is 15.1 Å². The van der Waals surface area contributed by atoms with E-state index in [-0.39, 0.29) is 11.3 Å². The minimum atomic E-state index is -0.0445. The van der Waals surface area contributed by atoms with Crippen molar-refractivity contribution < 1.29 is 4.79 Å². The lowest BCUT2D eigenvalue weighted by Crippen LogP contribution is -2.35. The summed E-state index contributed by atoms with van der Waals surface area (Å²) in [4.78, 5) is 12.2. The molecule has 1 aliphatic rings. The first-order chi connectivity index (χ1) is 9.11. The van der Waals surface area contributed by atoms with Gasteiger partial charge in [-0.2, -0.15) is 5.10 Å². The number of hydrogen-bond donors (Lipinski definition) is 1. The van der Waals surface area contributed by atoms with E-state index in [9.17, 15) is 4.79 Å².